The molecule has 1 aromatic rings. The van der Waals surface area contributed by atoms with E-state index in [1.807, 2.05) is 36.0 Å². The van der Waals surface area contributed by atoms with Crippen molar-refractivity contribution in [2.75, 3.05) is 0 Å². The summed E-state index contributed by atoms with van der Waals surface area (Å²) < 4.78 is 1.84. The van der Waals surface area contributed by atoms with Crippen LogP contribution in [-0.4, -0.2) is 0 Å². The quantitative estimate of drug-likeness (QED) is 0.438. The Balaban J connectivity index is 0.000001000. The van der Waals surface area contributed by atoms with Gasteiger partial charge < -0.3 is 12.4 Å². The Morgan fingerprint density at radius 1 is 1.45 bits per heavy atom. The Bertz CT molecular complexity index is 248. The van der Waals surface area contributed by atoms with Crippen LogP contribution in [0.5, 0.6) is 0 Å². The molecular weight excluding hydrogens is 160 g/mol. The molecule has 0 aliphatic rings. The largest absolute Gasteiger partial charge is 1.00 e. The first-order valence-corrected chi connectivity index (χ1v) is 3.15. The molecule has 0 N–H and O–H groups in total. The van der Waals surface area contributed by atoms with Crippen LogP contribution in [0.2, 0.25) is 0 Å². The summed E-state index contributed by atoms with van der Waals surface area (Å²) in [6.45, 7) is 2.46. The number of hydrogen-bond acceptors (Lipinski definition) is 1. The molecule has 1 rings (SSSR count). The first kappa shape index (κ1) is 9.93. The minimum absolute atomic E-state index is 0. The van der Waals surface area contributed by atoms with E-state index in [0.29, 0.717) is 6.54 Å². The monoisotopic (exact) mass is 168 g/mol. The molecule has 0 spiro atoms. The Morgan fingerprint density at radius 2 is 2.00 bits per heavy atom. The normalized spacial score (nSPS) is 8.00. The van der Waals surface area contributed by atoms with E-state index in [4.69, 9.17) is 5.26 Å². The van der Waals surface area contributed by atoms with Crippen molar-refractivity contribution in [3.8, 4) is 6.07 Å². The average molecular weight is 169 g/mol. The molecule has 0 saturated carbocycles. The molecule has 0 aliphatic heterocycles. The molecule has 0 saturated heterocycles. The average Bonchev–Trinajstić information content (AvgIpc) is 1.95. The molecule has 2 nitrogen and oxygen atoms in total. The number of nitrogens with zero attached hydrogens (tertiary/aromatic N) is 2. The lowest BCUT2D eigenvalue weighted by molar-refractivity contribution is -0.685. The van der Waals surface area contributed by atoms with Crippen LogP contribution in [0.4, 0.5) is 0 Å². The van der Waals surface area contributed by atoms with Gasteiger partial charge in [0.2, 0.25) is 6.54 Å². The summed E-state index contributed by atoms with van der Waals surface area (Å²) in [6, 6.07) is 6.03. The molecule has 58 valence electrons. The van der Waals surface area contributed by atoms with Crippen LogP contribution in [-0.2, 0) is 6.54 Å². The van der Waals surface area contributed by atoms with Gasteiger partial charge in [-0.1, -0.05) is 0 Å². The molecule has 0 radical (unpaired) electrons. The summed E-state index contributed by atoms with van der Waals surface area (Å²) in [4.78, 5) is 0. The summed E-state index contributed by atoms with van der Waals surface area (Å²) in [5.74, 6) is 0. The van der Waals surface area contributed by atoms with Crippen molar-refractivity contribution in [1.29, 1.82) is 5.26 Å². The second-order valence-electron chi connectivity index (χ2n) is 2.21. The maximum Gasteiger partial charge on any atom is 0.233 e. The van der Waals surface area contributed by atoms with Gasteiger partial charge >= 0.3 is 0 Å². The van der Waals surface area contributed by atoms with E-state index in [2.05, 4.69) is 6.07 Å². The van der Waals surface area contributed by atoms with Gasteiger partial charge in [-0.05, 0) is 12.5 Å². The number of nitriles is 1. The summed E-state index contributed by atoms with van der Waals surface area (Å²) in [7, 11) is 0. The van der Waals surface area contributed by atoms with Gasteiger partial charge in [0, 0.05) is 12.1 Å². The number of aromatic nitrogens is 1. The first-order chi connectivity index (χ1) is 4.83. The Hall–Kier alpha value is -1.07. The zero-order valence-electron chi connectivity index (χ0n) is 6.29. The zero-order valence-corrected chi connectivity index (χ0v) is 7.04. The first-order valence-electron chi connectivity index (χ1n) is 3.15. The van der Waals surface area contributed by atoms with Crippen molar-refractivity contribution in [2.24, 2.45) is 0 Å². The lowest BCUT2D eigenvalue weighted by Crippen LogP contribution is -3.00. The van der Waals surface area contributed by atoms with E-state index in [-0.39, 0.29) is 12.4 Å². The number of rotatable bonds is 1. The minimum Gasteiger partial charge on any atom is -1.00 e. The van der Waals surface area contributed by atoms with E-state index in [0.717, 1.165) is 0 Å². The predicted molar refractivity (Wildman–Crippen MR) is 37.0 cm³/mol. The fraction of sp³-hybridized carbons (Fsp3) is 0.250. The summed E-state index contributed by atoms with van der Waals surface area (Å²) in [6.07, 6.45) is 3.80. The molecule has 11 heavy (non-hydrogen) atoms. The number of pyridine rings is 1. The van der Waals surface area contributed by atoms with Crippen molar-refractivity contribution in [2.45, 2.75) is 13.5 Å². The number of halogens is 1. The maximum absolute atomic E-state index is 8.32. The standard InChI is InChI=1S/C8H9N2.ClH/c1-8-2-5-10(6-3-8)7-4-9;/h2-3,5-6H,7H2,1H3;1H/q+1;/p-1. The van der Waals surface area contributed by atoms with Crippen molar-refractivity contribution in [3.05, 3.63) is 30.1 Å². The fourth-order valence-corrected chi connectivity index (χ4v) is 0.719. The van der Waals surface area contributed by atoms with Gasteiger partial charge in [-0.2, -0.15) is 9.83 Å². The SMILES string of the molecule is Cc1cc[n+](CC#N)cc1.[Cl-]. The molecule has 0 atom stereocenters. The van der Waals surface area contributed by atoms with Crippen LogP contribution >= 0.6 is 0 Å². The second-order valence-corrected chi connectivity index (χ2v) is 2.21. The lowest BCUT2D eigenvalue weighted by atomic mass is 10.3. The van der Waals surface area contributed by atoms with Gasteiger partial charge in [-0.3, -0.25) is 0 Å². The van der Waals surface area contributed by atoms with Gasteiger partial charge in [0.25, 0.3) is 0 Å². The van der Waals surface area contributed by atoms with Crippen molar-refractivity contribution >= 4 is 0 Å². The third-order valence-corrected chi connectivity index (χ3v) is 1.31. The van der Waals surface area contributed by atoms with Gasteiger partial charge in [0.1, 0.15) is 6.07 Å². The molecule has 0 bridgehead atoms. The van der Waals surface area contributed by atoms with Crippen LogP contribution in [0.15, 0.2) is 24.5 Å². The molecule has 0 fully saturated rings. The van der Waals surface area contributed by atoms with Gasteiger partial charge in [0.05, 0.1) is 0 Å². The zero-order chi connectivity index (χ0) is 7.40. The van der Waals surface area contributed by atoms with E-state index >= 15 is 0 Å². The van der Waals surface area contributed by atoms with Crippen LogP contribution in [0, 0.1) is 18.3 Å². The molecule has 0 aromatic carbocycles. The lowest BCUT2D eigenvalue weighted by Gasteiger charge is -1.88. The highest BCUT2D eigenvalue weighted by molar-refractivity contribution is 5.03. The maximum atomic E-state index is 8.32. The second kappa shape index (κ2) is 4.70. The third-order valence-electron chi connectivity index (χ3n) is 1.31. The van der Waals surface area contributed by atoms with E-state index in [1.54, 1.807) is 0 Å². The van der Waals surface area contributed by atoms with E-state index < -0.39 is 0 Å². The van der Waals surface area contributed by atoms with Crippen molar-refractivity contribution < 1.29 is 17.0 Å². The summed E-state index contributed by atoms with van der Waals surface area (Å²) >= 11 is 0. The Labute approximate surface area is 72.5 Å². The van der Waals surface area contributed by atoms with Crippen LogP contribution in [0.1, 0.15) is 5.56 Å². The highest BCUT2D eigenvalue weighted by Gasteiger charge is 1.94. The van der Waals surface area contributed by atoms with Crippen molar-refractivity contribution in [1.82, 2.24) is 0 Å². The highest BCUT2D eigenvalue weighted by Crippen LogP contribution is 1.88. The van der Waals surface area contributed by atoms with Crippen LogP contribution < -0.4 is 17.0 Å². The predicted octanol–water partition coefficient (Wildman–Crippen LogP) is -2.19. The summed E-state index contributed by atoms with van der Waals surface area (Å²) in [5, 5.41) is 8.32. The molecule has 1 heterocycles. The molecule has 1 aromatic heterocycles. The van der Waals surface area contributed by atoms with Crippen LogP contribution in [0.3, 0.4) is 0 Å². The Kier molecular flexibility index (Phi) is 4.24. The molecular formula is C8H9ClN2. The number of aryl methyl sites for hydroxylation is 1. The van der Waals surface area contributed by atoms with Gasteiger partial charge in [-0.25, -0.2) is 0 Å². The molecule has 0 aliphatic carbocycles. The topological polar surface area (TPSA) is 27.7 Å². The Morgan fingerprint density at radius 3 is 2.45 bits per heavy atom. The fourth-order valence-electron chi connectivity index (χ4n) is 0.719. The van der Waals surface area contributed by atoms with Gasteiger partial charge in [0.15, 0.2) is 12.4 Å². The van der Waals surface area contributed by atoms with Crippen molar-refractivity contribution in [3.63, 3.8) is 0 Å². The molecule has 3 heteroatoms. The minimum atomic E-state index is 0. The van der Waals surface area contributed by atoms with E-state index in [1.165, 1.54) is 5.56 Å². The molecule has 0 amide bonds. The van der Waals surface area contributed by atoms with Crippen LogP contribution in [0.25, 0.3) is 0 Å². The van der Waals surface area contributed by atoms with E-state index in [9.17, 15) is 0 Å². The highest BCUT2D eigenvalue weighted by atomic mass is 35.5. The number of hydrogen-bond donors (Lipinski definition) is 0. The smallest absolute Gasteiger partial charge is 0.233 e. The van der Waals surface area contributed by atoms with Gasteiger partial charge in [-0.15, -0.1) is 0 Å². The molecule has 0 unspecified atom stereocenters. The summed E-state index contributed by atoms with van der Waals surface area (Å²) in [5.41, 5.74) is 1.22. The third kappa shape index (κ3) is 3.01.